The van der Waals surface area contributed by atoms with E-state index in [4.69, 9.17) is 23.2 Å². The summed E-state index contributed by atoms with van der Waals surface area (Å²) >= 11 is 11.6. The minimum absolute atomic E-state index is 0.0396. The molecule has 1 atom stereocenters. The Hall–Kier alpha value is -1.19. The van der Waals surface area contributed by atoms with Crippen LogP contribution in [0.5, 0.6) is 0 Å². The monoisotopic (exact) mass is 290 g/mol. The van der Waals surface area contributed by atoms with Crippen molar-refractivity contribution in [3.05, 3.63) is 70.0 Å². The zero-order chi connectivity index (χ0) is 13.3. The molecule has 0 aliphatic carbocycles. The zero-order valence-electron chi connectivity index (χ0n) is 8.93. The SMILES string of the molecule is Fc1ccc(C(Cl)c2ccc(Cl)c(F)c2)c(F)c1. The van der Waals surface area contributed by atoms with E-state index in [0.29, 0.717) is 5.56 Å². The molecule has 2 aromatic rings. The zero-order valence-corrected chi connectivity index (χ0v) is 10.4. The van der Waals surface area contributed by atoms with Crippen molar-refractivity contribution in [2.45, 2.75) is 5.38 Å². The molecule has 0 aliphatic rings. The fraction of sp³-hybridized carbons (Fsp3) is 0.0769. The van der Waals surface area contributed by atoms with Crippen molar-refractivity contribution < 1.29 is 13.2 Å². The lowest BCUT2D eigenvalue weighted by Crippen LogP contribution is -1.98. The van der Waals surface area contributed by atoms with Crippen molar-refractivity contribution in [3.63, 3.8) is 0 Å². The summed E-state index contributed by atoms with van der Waals surface area (Å²) in [6.07, 6.45) is 0. The summed E-state index contributed by atoms with van der Waals surface area (Å²) in [7, 11) is 0. The Morgan fingerprint density at radius 3 is 2.22 bits per heavy atom. The van der Waals surface area contributed by atoms with Gasteiger partial charge in [-0.25, -0.2) is 13.2 Å². The van der Waals surface area contributed by atoms with E-state index in [1.54, 1.807) is 0 Å². The highest BCUT2D eigenvalue weighted by molar-refractivity contribution is 6.30. The topological polar surface area (TPSA) is 0 Å². The molecular weight excluding hydrogens is 284 g/mol. The molecule has 0 radical (unpaired) electrons. The molecule has 0 heterocycles. The first-order valence-electron chi connectivity index (χ1n) is 5.03. The second-order valence-corrected chi connectivity index (χ2v) is 4.55. The molecule has 0 aliphatic heterocycles. The van der Waals surface area contributed by atoms with Gasteiger partial charge in [-0.1, -0.05) is 23.7 Å². The summed E-state index contributed by atoms with van der Waals surface area (Å²) in [5, 5.41) is -0.945. The summed E-state index contributed by atoms with van der Waals surface area (Å²) in [4.78, 5) is 0. The third-order valence-corrected chi connectivity index (χ3v) is 3.27. The maximum absolute atomic E-state index is 13.5. The van der Waals surface area contributed by atoms with Gasteiger partial charge in [0.2, 0.25) is 0 Å². The van der Waals surface area contributed by atoms with Crippen LogP contribution in [0.25, 0.3) is 0 Å². The van der Waals surface area contributed by atoms with E-state index in [2.05, 4.69) is 0 Å². The summed E-state index contributed by atoms with van der Waals surface area (Å²) in [5.74, 6) is -2.10. The van der Waals surface area contributed by atoms with Crippen LogP contribution in [0.15, 0.2) is 36.4 Å². The van der Waals surface area contributed by atoms with Gasteiger partial charge in [0, 0.05) is 11.6 Å². The first-order chi connectivity index (χ1) is 8.49. The van der Waals surface area contributed by atoms with Crippen LogP contribution in [0, 0.1) is 17.5 Å². The molecule has 2 rings (SSSR count). The van der Waals surface area contributed by atoms with E-state index in [1.807, 2.05) is 0 Å². The molecule has 5 heteroatoms. The second kappa shape index (κ2) is 5.21. The summed E-state index contributed by atoms with van der Waals surface area (Å²) < 4.78 is 39.6. The highest BCUT2D eigenvalue weighted by atomic mass is 35.5. The average molecular weight is 291 g/mol. The molecule has 0 spiro atoms. The van der Waals surface area contributed by atoms with Gasteiger partial charge >= 0.3 is 0 Å². The van der Waals surface area contributed by atoms with E-state index in [9.17, 15) is 13.2 Å². The van der Waals surface area contributed by atoms with Crippen LogP contribution in [0.4, 0.5) is 13.2 Å². The van der Waals surface area contributed by atoms with Gasteiger partial charge in [-0.2, -0.15) is 0 Å². The number of hydrogen-bond acceptors (Lipinski definition) is 0. The Morgan fingerprint density at radius 2 is 1.61 bits per heavy atom. The number of benzene rings is 2. The van der Waals surface area contributed by atoms with Gasteiger partial charge in [0.25, 0.3) is 0 Å². The van der Waals surface area contributed by atoms with Crippen LogP contribution in [0.2, 0.25) is 5.02 Å². The summed E-state index contributed by atoms with van der Waals surface area (Å²) in [5.41, 5.74) is 0.434. The lowest BCUT2D eigenvalue weighted by atomic mass is 10.0. The number of hydrogen-bond donors (Lipinski definition) is 0. The Balaban J connectivity index is 2.41. The molecule has 94 valence electrons. The van der Waals surface area contributed by atoms with E-state index >= 15 is 0 Å². The van der Waals surface area contributed by atoms with Gasteiger partial charge in [0.1, 0.15) is 17.5 Å². The fourth-order valence-corrected chi connectivity index (χ4v) is 1.99. The van der Waals surface area contributed by atoms with E-state index < -0.39 is 22.8 Å². The minimum atomic E-state index is -0.905. The Kier molecular flexibility index (Phi) is 3.83. The highest BCUT2D eigenvalue weighted by Gasteiger charge is 2.17. The predicted octanol–water partition coefficient (Wildman–Crippen LogP) is 5.09. The van der Waals surface area contributed by atoms with E-state index in [-0.39, 0.29) is 10.6 Å². The normalized spacial score (nSPS) is 12.5. The maximum Gasteiger partial charge on any atom is 0.142 e. The number of rotatable bonds is 2. The van der Waals surface area contributed by atoms with Gasteiger partial charge in [0.05, 0.1) is 10.4 Å². The molecule has 0 amide bonds. The molecule has 0 fully saturated rings. The first-order valence-corrected chi connectivity index (χ1v) is 5.84. The van der Waals surface area contributed by atoms with Crippen molar-refractivity contribution in [3.8, 4) is 0 Å². The summed E-state index contributed by atoms with van der Waals surface area (Å²) in [6.45, 7) is 0. The number of halogens is 5. The molecule has 18 heavy (non-hydrogen) atoms. The molecule has 1 unspecified atom stereocenters. The predicted molar refractivity (Wildman–Crippen MR) is 65.5 cm³/mol. The van der Waals surface area contributed by atoms with Gasteiger partial charge in [0.15, 0.2) is 0 Å². The van der Waals surface area contributed by atoms with Crippen LogP contribution in [-0.2, 0) is 0 Å². The molecule has 0 saturated heterocycles. The van der Waals surface area contributed by atoms with Crippen LogP contribution in [0.1, 0.15) is 16.5 Å². The van der Waals surface area contributed by atoms with Crippen LogP contribution in [-0.4, -0.2) is 0 Å². The molecule has 0 nitrogen and oxygen atoms in total. The third kappa shape index (κ3) is 2.62. The lowest BCUT2D eigenvalue weighted by molar-refractivity contribution is 0.573. The molecule has 0 bridgehead atoms. The maximum atomic E-state index is 13.5. The lowest BCUT2D eigenvalue weighted by Gasteiger charge is -2.12. The molecular formula is C13H7Cl2F3. The Labute approximate surface area is 112 Å². The molecule has 2 aromatic carbocycles. The smallest absolute Gasteiger partial charge is 0.142 e. The summed E-state index contributed by atoms with van der Waals surface area (Å²) in [6, 6.07) is 7.02. The van der Waals surface area contributed by atoms with Crippen molar-refractivity contribution in [2.24, 2.45) is 0 Å². The van der Waals surface area contributed by atoms with Crippen molar-refractivity contribution in [1.82, 2.24) is 0 Å². The molecule has 0 N–H and O–H groups in total. The van der Waals surface area contributed by atoms with Crippen LogP contribution >= 0.6 is 23.2 Å². The second-order valence-electron chi connectivity index (χ2n) is 3.70. The first kappa shape index (κ1) is 13.2. The van der Waals surface area contributed by atoms with Crippen LogP contribution < -0.4 is 0 Å². The van der Waals surface area contributed by atoms with Crippen LogP contribution in [0.3, 0.4) is 0 Å². The fourth-order valence-electron chi connectivity index (χ4n) is 1.56. The Bertz CT molecular complexity index is 584. The standard InChI is InChI=1S/C13H7Cl2F3/c14-10-4-1-7(5-12(10)18)13(15)9-3-2-8(16)6-11(9)17/h1-6,13H. The minimum Gasteiger partial charge on any atom is -0.207 e. The highest BCUT2D eigenvalue weighted by Crippen LogP contribution is 2.32. The van der Waals surface area contributed by atoms with Crippen molar-refractivity contribution in [2.75, 3.05) is 0 Å². The Morgan fingerprint density at radius 1 is 0.889 bits per heavy atom. The van der Waals surface area contributed by atoms with Gasteiger partial charge in [-0.15, -0.1) is 11.6 Å². The van der Waals surface area contributed by atoms with E-state index in [0.717, 1.165) is 18.2 Å². The quantitative estimate of drug-likeness (QED) is 0.676. The third-order valence-electron chi connectivity index (χ3n) is 2.47. The largest absolute Gasteiger partial charge is 0.207 e. The van der Waals surface area contributed by atoms with Crippen molar-refractivity contribution >= 4 is 23.2 Å². The van der Waals surface area contributed by atoms with Gasteiger partial charge < -0.3 is 0 Å². The van der Waals surface area contributed by atoms with Gasteiger partial charge in [-0.3, -0.25) is 0 Å². The van der Waals surface area contributed by atoms with E-state index in [1.165, 1.54) is 18.2 Å². The molecule has 0 saturated carbocycles. The molecule has 0 aromatic heterocycles. The number of alkyl halides is 1. The van der Waals surface area contributed by atoms with Gasteiger partial charge in [-0.05, 0) is 23.8 Å². The van der Waals surface area contributed by atoms with Crippen molar-refractivity contribution in [1.29, 1.82) is 0 Å². The average Bonchev–Trinajstić information content (AvgIpc) is 2.32.